The van der Waals surface area contributed by atoms with Crippen LogP contribution in [0.4, 0.5) is 0 Å². The van der Waals surface area contributed by atoms with Gasteiger partial charge in [-0.3, -0.25) is 4.79 Å². The molecule has 0 amide bonds. The van der Waals surface area contributed by atoms with Crippen LogP contribution in [0.1, 0.15) is 37.8 Å². The van der Waals surface area contributed by atoms with Crippen molar-refractivity contribution in [2.45, 2.75) is 40.5 Å². The summed E-state index contributed by atoms with van der Waals surface area (Å²) in [5.74, 6) is 0.343. The summed E-state index contributed by atoms with van der Waals surface area (Å²) in [6, 6.07) is 8.36. The predicted octanol–water partition coefficient (Wildman–Crippen LogP) is 3.68. The summed E-state index contributed by atoms with van der Waals surface area (Å²) in [5.41, 5.74) is 2.74. The minimum Gasteiger partial charge on any atom is -0.300 e. The SMILES string of the molecule is CCC(=O)CC.Cc1ccccc1C. The molecule has 0 aromatic heterocycles. The van der Waals surface area contributed by atoms with Crippen LogP contribution >= 0.6 is 0 Å². The minimum absolute atomic E-state index is 0.343. The number of aryl methyl sites for hydroxylation is 2. The lowest BCUT2D eigenvalue weighted by Gasteiger charge is -1.93. The quantitative estimate of drug-likeness (QED) is 0.698. The van der Waals surface area contributed by atoms with Crippen LogP contribution in [-0.4, -0.2) is 5.78 Å². The molecule has 0 N–H and O–H groups in total. The highest BCUT2D eigenvalue weighted by atomic mass is 16.1. The Hall–Kier alpha value is -1.11. The van der Waals surface area contributed by atoms with Crippen molar-refractivity contribution >= 4 is 5.78 Å². The molecule has 1 aromatic rings. The van der Waals surface area contributed by atoms with Crippen molar-refractivity contribution < 1.29 is 4.79 Å². The molecule has 0 radical (unpaired) electrons. The summed E-state index contributed by atoms with van der Waals surface area (Å²) in [6.07, 6.45) is 1.38. The van der Waals surface area contributed by atoms with Crippen LogP contribution in [0.2, 0.25) is 0 Å². The number of hydrogen-bond acceptors (Lipinski definition) is 1. The van der Waals surface area contributed by atoms with Gasteiger partial charge in [-0.15, -0.1) is 0 Å². The second-order valence-corrected chi connectivity index (χ2v) is 3.33. The van der Waals surface area contributed by atoms with Gasteiger partial charge in [0.15, 0.2) is 0 Å². The highest BCUT2D eigenvalue weighted by Gasteiger charge is 1.86. The Labute approximate surface area is 87.2 Å². The molecule has 0 saturated heterocycles. The van der Waals surface area contributed by atoms with Crippen LogP contribution in [0.15, 0.2) is 24.3 Å². The number of ketones is 1. The zero-order valence-corrected chi connectivity index (χ0v) is 9.63. The Balaban J connectivity index is 0.000000255. The van der Waals surface area contributed by atoms with Gasteiger partial charge >= 0.3 is 0 Å². The van der Waals surface area contributed by atoms with E-state index in [9.17, 15) is 4.79 Å². The molecule has 1 rings (SSSR count). The summed E-state index contributed by atoms with van der Waals surface area (Å²) in [4.78, 5) is 10.2. The van der Waals surface area contributed by atoms with Gasteiger partial charge in [-0.1, -0.05) is 38.1 Å². The van der Waals surface area contributed by atoms with E-state index in [4.69, 9.17) is 0 Å². The molecule has 0 aliphatic carbocycles. The van der Waals surface area contributed by atoms with E-state index < -0.39 is 0 Å². The molecule has 1 aromatic carbocycles. The van der Waals surface area contributed by atoms with E-state index in [0.29, 0.717) is 18.6 Å². The maximum Gasteiger partial charge on any atom is 0.132 e. The largest absolute Gasteiger partial charge is 0.300 e. The van der Waals surface area contributed by atoms with Crippen LogP contribution in [-0.2, 0) is 4.79 Å². The molecule has 0 aliphatic rings. The molecule has 78 valence electrons. The maximum atomic E-state index is 10.2. The molecule has 0 fully saturated rings. The first-order chi connectivity index (χ1) is 6.61. The fraction of sp³-hybridized carbons (Fsp3) is 0.462. The predicted molar refractivity (Wildman–Crippen MR) is 61.5 cm³/mol. The van der Waals surface area contributed by atoms with Crippen molar-refractivity contribution in [2.75, 3.05) is 0 Å². The molecule has 1 heteroatoms. The molecule has 0 saturated carbocycles. The number of benzene rings is 1. The van der Waals surface area contributed by atoms with Crippen LogP contribution in [0, 0.1) is 13.8 Å². The van der Waals surface area contributed by atoms with E-state index in [0.717, 1.165) is 0 Å². The number of carbonyl (C=O) groups excluding carboxylic acids is 1. The molecule has 0 unspecified atom stereocenters. The van der Waals surface area contributed by atoms with Crippen molar-refractivity contribution in [1.29, 1.82) is 0 Å². The molecule has 0 atom stereocenters. The zero-order valence-electron chi connectivity index (χ0n) is 9.63. The number of carbonyl (C=O) groups is 1. The van der Waals surface area contributed by atoms with Gasteiger partial charge in [-0.25, -0.2) is 0 Å². The molecule has 0 heterocycles. The van der Waals surface area contributed by atoms with Gasteiger partial charge in [-0.05, 0) is 25.0 Å². The van der Waals surface area contributed by atoms with Crippen molar-refractivity contribution in [3.05, 3.63) is 35.4 Å². The van der Waals surface area contributed by atoms with E-state index in [1.165, 1.54) is 11.1 Å². The average molecular weight is 192 g/mol. The number of hydrogen-bond donors (Lipinski definition) is 0. The van der Waals surface area contributed by atoms with Gasteiger partial charge in [-0.2, -0.15) is 0 Å². The van der Waals surface area contributed by atoms with E-state index in [1.807, 2.05) is 13.8 Å². The molecule has 14 heavy (non-hydrogen) atoms. The molecule has 0 aliphatic heterocycles. The Morgan fingerprint density at radius 2 is 1.36 bits per heavy atom. The molecular weight excluding hydrogens is 172 g/mol. The molecule has 1 nitrogen and oxygen atoms in total. The third-order valence-corrected chi connectivity index (χ3v) is 2.21. The average Bonchev–Trinajstić information content (AvgIpc) is 2.22. The zero-order chi connectivity index (χ0) is 11.0. The van der Waals surface area contributed by atoms with Crippen LogP contribution < -0.4 is 0 Å². The van der Waals surface area contributed by atoms with Gasteiger partial charge in [0, 0.05) is 12.8 Å². The van der Waals surface area contributed by atoms with Gasteiger partial charge in [0.1, 0.15) is 5.78 Å². The summed E-state index contributed by atoms with van der Waals surface area (Å²) in [5, 5.41) is 0. The second-order valence-electron chi connectivity index (χ2n) is 3.33. The second kappa shape index (κ2) is 7.31. The smallest absolute Gasteiger partial charge is 0.132 e. The van der Waals surface area contributed by atoms with Crippen molar-refractivity contribution in [3.8, 4) is 0 Å². The topological polar surface area (TPSA) is 17.1 Å². The summed E-state index contributed by atoms with van der Waals surface area (Å²) in [7, 11) is 0. The van der Waals surface area contributed by atoms with E-state index in [1.54, 1.807) is 0 Å². The van der Waals surface area contributed by atoms with Crippen molar-refractivity contribution in [1.82, 2.24) is 0 Å². The van der Waals surface area contributed by atoms with Gasteiger partial charge in [0.05, 0.1) is 0 Å². The van der Waals surface area contributed by atoms with Crippen LogP contribution in [0.25, 0.3) is 0 Å². The number of Topliss-reactive ketones (excluding diaryl/α,β-unsaturated/α-hetero) is 1. The van der Waals surface area contributed by atoms with E-state index in [-0.39, 0.29) is 0 Å². The minimum atomic E-state index is 0.343. The Kier molecular flexibility index (Phi) is 6.73. The molecule has 0 bridgehead atoms. The normalized spacial score (nSPS) is 8.86. The third-order valence-electron chi connectivity index (χ3n) is 2.21. The summed E-state index contributed by atoms with van der Waals surface area (Å²) in [6.45, 7) is 8.00. The highest BCUT2D eigenvalue weighted by Crippen LogP contribution is 2.02. The molecular formula is C13H20O. The Bertz CT molecular complexity index is 249. The van der Waals surface area contributed by atoms with Gasteiger partial charge in [0.2, 0.25) is 0 Å². The molecule has 0 spiro atoms. The Morgan fingerprint density at radius 3 is 1.50 bits per heavy atom. The maximum absolute atomic E-state index is 10.2. The standard InChI is InChI=1S/C8H10.C5H10O/c1-7-5-3-4-6-8(7)2;1-3-5(6)4-2/h3-6H,1-2H3;3-4H2,1-2H3. The van der Waals surface area contributed by atoms with Gasteiger partial charge in [0.25, 0.3) is 0 Å². The van der Waals surface area contributed by atoms with E-state index >= 15 is 0 Å². The first-order valence-corrected chi connectivity index (χ1v) is 5.15. The fourth-order valence-corrected chi connectivity index (χ4v) is 0.913. The third kappa shape index (κ3) is 5.52. The lowest BCUT2D eigenvalue weighted by Crippen LogP contribution is -1.88. The lowest BCUT2D eigenvalue weighted by molar-refractivity contribution is -0.118. The lowest BCUT2D eigenvalue weighted by atomic mass is 10.1. The van der Waals surface area contributed by atoms with Crippen molar-refractivity contribution in [3.63, 3.8) is 0 Å². The number of rotatable bonds is 2. The summed E-state index contributed by atoms with van der Waals surface area (Å²) < 4.78 is 0. The Morgan fingerprint density at radius 1 is 1.00 bits per heavy atom. The first kappa shape index (κ1) is 12.9. The monoisotopic (exact) mass is 192 g/mol. The van der Waals surface area contributed by atoms with Gasteiger partial charge < -0.3 is 0 Å². The first-order valence-electron chi connectivity index (χ1n) is 5.15. The van der Waals surface area contributed by atoms with Crippen LogP contribution in [0.3, 0.4) is 0 Å². The van der Waals surface area contributed by atoms with Crippen LogP contribution in [0.5, 0.6) is 0 Å². The highest BCUT2D eigenvalue weighted by molar-refractivity contribution is 5.77. The summed E-state index contributed by atoms with van der Waals surface area (Å²) >= 11 is 0. The van der Waals surface area contributed by atoms with E-state index in [2.05, 4.69) is 38.1 Å². The fourth-order valence-electron chi connectivity index (χ4n) is 0.913. The van der Waals surface area contributed by atoms with Crippen molar-refractivity contribution in [2.24, 2.45) is 0 Å².